The SMILES string of the molecule is O=C(CC1NC(=O)c2ccccc21)NCc1ccc2[nH]c(=O)[nH]c2c1. The number of carbonyl (C=O) groups is 2. The van der Waals surface area contributed by atoms with Crippen molar-refractivity contribution in [1.29, 1.82) is 0 Å². The minimum absolute atomic E-state index is 0.143. The second-order valence-corrected chi connectivity index (χ2v) is 6.05. The molecule has 126 valence electrons. The summed E-state index contributed by atoms with van der Waals surface area (Å²) < 4.78 is 0. The standard InChI is InChI=1S/C18H16N4O3/c23-16(8-14-11-3-1-2-4-12(11)17(24)20-14)19-9-10-5-6-13-15(7-10)22-18(25)21-13/h1-7,14H,8-9H2,(H,19,23)(H,20,24)(H2,21,22,25). The van der Waals surface area contributed by atoms with E-state index >= 15 is 0 Å². The second-order valence-electron chi connectivity index (χ2n) is 6.05. The van der Waals surface area contributed by atoms with Gasteiger partial charge in [0, 0.05) is 12.1 Å². The topological polar surface area (TPSA) is 107 Å². The molecule has 1 unspecified atom stereocenters. The predicted octanol–water partition coefficient (Wildman–Crippen LogP) is 1.35. The van der Waals surface area contributed by atoms with Gasteiger partial charge in [-0.2, -0.15) is 0 Å². The van der Waals surface area contributed by atoms with Crippen molar-refractivity contribution in [3.63, 3.8) is 0 Å². The van der Waals surface area contributed by atoms with Crippen molar-refractivity contribution in [2.75, 3.05) is 0 Å². The number of carbonyl (C=O) groups excluding carboxylic acids is 2. The predicted molar refractivity (Wildman–Crippen MR) is 92.0 cm³/mol. The second kappa shape index (κ2) is 5.94. The molecule has 2 amide bonds. The van der Waals surface area contributed by atoms with Crippen molar-refractivity contribution in [2.24, 2.45) is 0 Å². The molecular weight excluding hydrogens is 320 g/mol. The van der Waals surface area contributed by atoms with Crippen molar-refractivity contribution in [3.05, 3.63) is 69.6 Å². The van der Waals surface area contributed by atoms with Gasteiger partial charge in [0.05, 0.1) is 23.5 Å². The molecule has 1 aliphatic heterocycles. The summed E-state index contributed by atoms with van der Waals surface area (Å²) in [5.74, 6) is -0.292. The van der Waals surface area contributed by atoms with Gasteiger partial charge in [0.1, 0.15) is 0 Å². The lowest BCUT2D eigenvalue weighted by Gasteiger charge is -2.12. The molecule has 0 fully saturated rings. The largest absolute Gasteiger partial charge is 0.352 e. The van der Waals surface area contributed by atoms with E-state index in [4.69, 9.17) is 0 Å². The molecule has 0 aliphatic carbocycles. The molecule has 0 radical (unpaired) electrons. The number of benzene rings is 2. The van der Waals surface area contributed by atoms with E-state index in [0.717, 1.165) is 16.6 Å². The van der Waals surface area contributed by atoms with Crippen LogP contribution in [-0.2, 0) is 11.3 Å². The third-order valence-corrected chi connectivity index (χ3v) is 4.35. The number of hydrogen-bond donors (Lipinski definition) is 4. The van der Waals surface area contributed by atoms with Crippen molar-refractivity contribution >= 4 is 22.8 Å². The highest BCUT2D eigenvalue weighted by Crippen LogP contribution is 2.27. The van der Waals surface area contributed by atoms with E-state index < -0.39 is 0 Å². The van der Waals surface area contributed by atoms with Gasteiger partial charge in [-0.15, -0.1) is 0 Å². The first-order valence-electron chi connectivity index (χ1n) is 7.97. The Morgan fingerprint density at radius 1 is 1.04 bits per heavy atom. The summed E-state index contributed by atoms with van der Waals surface area (Å²) in [5, 5.41) is 5.68. The first-order chi connectivity index (χ1) is 12.1. The average molecular weight is 336 g/mol. The maximum Gasteiger partial charge on any atom is 0.323 e. The Hall–Kier alpha value is -3.35. The fraction of sp³-hybridized carbons (Fsp3) is 0.167. The molecule has 0 saturated carbocycles. The molecule has 2 aromatic carbocycles. The van der Waals surface area contributed by atoms with Crippen molar-refractivity contribution in [2.45, 2.75) is 19.0 Å². The Labute approximate surface area is 142 Å². The van der Waals surface area contributed by atoms with Gasteiger partial charge < -0.3 is 20.6 Å². The zero-order chi connectivity index (χ0) is 17.4. The fourth-order valence-corrected chi connectivity index (χ4v) is 3.13. The van der Waals surface area contributed by atoms with Crippen LogP contribution in [0.1, 0.15) is 33.9 Å². The number of aromatic nitrogens is 2. The lowest BCUT2D eigenvalue weighted by molar-refractivity contribution is -0.121. The summed E-state index contributed by atoms with van der Waals surface area (Å²) in [4.78, 5) is 40.8. The van der Waals surface area contributed by atoms with Crippen molar-refractivity contribution in [1.82, 2.24) is 20.6 Å². The molecule has 7 heteroatoms. The van der Waals surface area contributed by atoms with E-state index in [2.05, 4.69) is 20.6 Å². The summed E-state index contributed by atoms with van der Waals surface area (Å²) in [6.07, 6.45) is 0.186. The van der Waals surface area contributed by atoms with Crippen LogP contribution in [0.25, 0.3) is 11.0 Å². The van der Waals surface area contributed by atoms with Crippen LogP contribution in [0.4, 0.5) is 0 Å². The minimum atomic E-state index is -0.299. The summed E-state index contributed by atoms with van der Waals surface area (Å²) in [6, 6.07) is 12.4. The van der Waals surface area contributed by atoms with E-state index in [9.17, 15) is 14.4 Å². The third-order valence-electron chi connectivity index (χ3n) is 4.35. The lowest BCUT2D eigenvalue weighted by Crippen LogP contribution is -2.28. The normalized spacial score (nSPS) is 15.8. The summed E-state index contributed by atoms with van der Waals surface area (Å²) in [7, 11) is 0. The van der Waals surface area contributed by atoms with Gasteiger partial charge in [0.25, 0.3) is 5.91 Å². The first-order valence-corrected chi connectivity index (χ1v) is 7.97. The van der Waals surface area contributed by atoms with Crippen LogP contribution in [-0.4, -0.2) is 21.8 Å². The highest BCUT2D eigenvalue weighted by Gasteiger charge is 2.29. The smallest absolute Gasteiger partial charge is 0.323 e. The molecule has 4 rings (SSSR count). The Bertz CT molecular complexity index is 1030. The highest BCUT2D eigenvalue weighted by molar-refractivity contribution is 5.99. The molecular formula is C18H16N4O3. The molecule has 0 saturated heterocycles. The van der Waals surface area contributed by atoms with E-state index in [0.29, 0.717) is 17.6 Å². The number of imidazole rings is 1. The maximum atomic E-state index is 12.2. The lowest BCUT2D eigenvalue weighted by atomic mass is 10.0. The number of hydrogen-bond acceptors (Lipinski definition) is 3. The summed E-state index contributed by atoms with van der Waals surface area (Å²) in [5.41, 5.74) is 3.54. The Morgan fingerprint density at radius 3 is 2.72 bits per heavy atom. The quantitative estimate of drug-likeness (QED) is 0.577. The molecule has 3 aromatic rings. The molecule has 4 N–H and O–H groups in total. The highest BCUT2D eigenvalue weighted by atomic mass is 16.2. The first kappa shape index (κ1) is 15.2. The monoisotopic (exact) mass is 336 g/mol. The third kappa shape index (κ3) is 2.91. The van der Waals surface area contributed by atoms with Gasteiger partial charge in [-0.05, 0) is 29.3 Å². The zero-order valence-electron chi connectivity index (χ0n) is 13.3. The Balaban J connectivity index is 1.41. The molecule has 1 aromatic heterocycles. The maximum absolute atomic E-state index is 12.2. The minimum Gasteiger partial charge on any atom is -0.352 e. The Kier molecular flexibility index (Phi) is 3.61. The van der Waals surface area contributed by atoms with Crippen molar-refractivity contribution in [3.8, 4) is 0 Å². The van der Waals surface area contributed by atoms with E-state index in [1.165, 1.54) is 0 Å². The van der Waals surface area contributed by atoms with Gasteiger partial charge in [-0.3, -0.25) is 9.59 Å². The fourth-order valence-electron chi connectivity index (χ4n) is 3.13. The van der Waals surface area contributed by atoms with Crippen LogP contribution in [0, 0.1) is 0 Å². The van der Waals surface area contributed by atoms with Crippen LogP contribution in [0.5, 0.6) is 0 Å². The molecule has 25 heavy (non-hydrogen) atoms. The number of H-pyrrole nitrogens is 2. The molecule has 7 nitrogen and oxygen atoms in total. The van der Waals surface area contributed by atoms with Gasteiger partial charge in [-0.1, -0.05) is 24.3 Å². The summed E-state index contributed by atoms with van der Waals surface area (Å²) >= 11 is 0. The Morgan fingerprint density at radius 2 is 1.84 bits per heavy atom. The van der Waals surface area contributed by atoms with Crippen molar-refractivity contribution < 1.29 is 9.59 Å². The molecule has 0 spiro atoms. The van der Waals surface area contributed by atoms with Gasteiger partial charge >= 0.3 is 5.69 Å². The summed E-state index contributed by atoms with van der Waals surface area (Å²) in [6.45, 7) is 0.351. The van der Waals surface area contributed by atoms with E-state index in [1.807, 2.05) is 30.3 Å². The molecule has 2 heterocycles. The number of aromatic amines is 2. The van der Waals surface area contributed by atoms with Crippen LogP contribution in [0.3, 0.4) is 0 Å². The van der Waals surface area contributed by atoms with Gasteiger partial charge in [-0.25, -0.2) is 4.79 Å². The molecule has 1 atom stereocenters. The van der Waals surface area contributed by atoms with E-state index in [-0.39, 0.29) is 30.0 Å². The van der Waals surface area contributed by atoms with Crippen LogP contribution in [0.15, 0.2) is 47.3 Å². The molecule has 1 aliphatic rings. The van der Waals surface area contributed by atoms with E-state index in [1.54, 1.807) is 12.1 Å². The number of fused-ring (bicyclic) bond motifs is 2. The number of amides is 2. The van der Waals surface area contributed by atoms with Crippen LogP contribution < -0.4 is 16.3 Å². The van der Waals surface area contributed by atoms with Gasteiger partial charge in [0.15, 0.2) is 0 Å². The zero-order valence-corrected chi connectivity index (χ0v) is 13.3. The number of nitrogens with one attached hydrogen (secondary N) is 4. The number of rotatable bonds is 4. The van der Waals surface area contributed by atoms with Gasteiger partial charge in [0.2, 0.25) is 5.91 Å². The van der Waals surface area contributed by atoms with Crippen LogP contribution >= 0.6 is 0 Å². The molecule has 0 bridgehead atoms. The van der Waals surface area contributed by atoms with Crippen LogP contribution in [0.2, 0.25) is 0 Å². The average Bonchev–Trinajstić information content (AvgIpc) is 3.12.